The third kappa shape index (κ3) is 5.40. The number of hydrogen-bond acceptors (Lipinski definition) is 3. The fraction of sp³-hybridized carbons (Fsp3) is 0.188. The molecule has 0 heterocycles. The van der Waals surface area contributed by atoms with E-state index in [2.05, 4.69) is 5.32 Å². The lowest BCUT2D eigenvalue weighted by Gasteiger charge is -2.22. The number of nitrogens with one attached hydrogen (secondary N) is 1. The van der Waals surface area contributed by atoms with E-state index in [1.165, 1.54) is 4.31 Å². The minimum Gasteiger partial charge on any atom is -0.326 e. The van der Waals surface area contributed by atoms with E-state index >= 15 is 0 Å². The number of carbonyl (C=O) groups is 1. The summed E-state index contributed by atoms with van der Waals surface area (Å²) in [5.74, 6) is -0.292. The van der Waals surface area contributed by atoms with Crippen LogP contribution in [-0.2, 0) is 14.8 Å². The number of amides is 1. The number of nitrogens with zero attached hydrogens (tertiary/aromatic N) is 1. The van der Waals surface area contributed by atoms with E-state index in [4.69, 9.17) is 23.2 Å². The maximum Gasteiger partial charge on any atom is 0.232 e. The lowest BCUT2D eigenvalue weighted by Crippen LogP contribution is -2.33. The number of sulfonamides is 1. The van der Waals surface area contributed by atoms with Crippen LogP contribution < -0.4 is 9.62 Å². The summed E-state index contributed by atoms with van der Waals surface area (Å²) in [5.41, 5.74) is 1.06. The van der Waals surface area contributed by atoms with Gasteiger partial charge in [0.1, 0.15) is 0 Å². The molecule has 24 heavy (non-hydrogen) atoms. The van der Waals surface area contributed by atoms with Crippen molar-refractivity contribution in [2.45, 2.75) is 6.42 Å². The number of rotatable bonds is 6. The summed E-state index contributed by atoms with van der Waals surface area (Å²) in [6.07, 6.45) is 1.11. The molecular weight excluding hydrogens is 371 g/mol. The summed E-state index contributed by atoms with van der Waals surface area (Å²) in [6, 6.07) is 13.1. The highest BCUT2D eigenvalue weighted by molar-refractivity contribution is 7.92. The molecule has 0 saturated heterocycles. The van der Waals surface area contributed by atoms with E-state index in [0.29, 0.717) is 21.4 Å². The van der Waals surface area contributed by atoms with Gasteiger partial charge in [-0.1, -0.05) is 23.2 Å². The van der Waals surface area contributed by atoms with Crippen LogP contribution in [0.2, 0.25) is 10.0 Å². The van der Waals surface area contributed by atoms with Gasteiger partial charge >= 0.3 is 0 Å². The Labute approximate surface area is 151 Å². The number of halogens is 2. The van der Waals surface area contributed by atoms with E-state index in [9.17, 15) is 13.2 Å². The molecule has 1 amide bonds. The Balaban J connectivity index is 2.04. The molecule has 1 N–H and O–H groups in total. The summed E-state index contributed by atoms with van der Waals surface area (Å²) < 4.78 is 25.1. The first-order valence-corrected chi connectivity index (χ1v) is 9.65. The van der Waals surface area contributed by atoms with Crippen molar-refractivity contribution in [1.29, 1.82) is 0 Å². The highest BCUT2D eigenvalue weighted by Gasteiger charge is 2.18. The molecule has 0 bridgehead atoms. The second-order valence-electron chi connectivity index (χ2n) is 5.12. The van der Waals surface area contributed by atoms with Crippen molar-refractivity contribution in [2.75, 3.05) is 22.4 Å². The molecule has 8 heteroatoms. The Hall–Kier alpha value is -1.76. The van der Waals surface area contributed by atoms with Crippen LogP contribution in [0.4, 0.5) is 11.4 Å². The maximum atomic E-state index is 12.0. The van der Waals surface area contributed by atoms with Crippen molar-refractivity contribution in [3.63, 3.8) is 0 Å². The number of benzene rings is 2. The molecular formula is C16H16Cl2N2O3S. The molecule has 0 unspecified atom stereocenters. The molecule has 0 atom stereocenters. The molecule has 0 radical (unpaired) electrons. The average molecular weight is 387 g/mol. The fourth-order valence-corrected chi connectivity index (χ4v) is 3.23. The van der Waals surface area contributed by atoms with Crippen molar-refractivity contribution in [3.8, 4) is 0 Å². The van der Waals surface area contributed by atoms with Gasteiger partial charge in [0.2, 0.25) is 15.9 Å². The topological polar surface area (TPSA) is 66.5 Å². The largest absolute Gasteiger partial charge is 0.326 e. The lowest BCUT2D eigenvalue weighted by molar-refractivity contribution is -0.116. The molecule has 5 nitrogen and oxygen atoms in total. The lowest BCUT2D eigenvalue weighted by atomic mass is 10.3. The quantitative estimate of drug-likeness (QED) is 0.820. The Bertz CT molecular complexity index is 806. The van der Waals surface area contributed by atoms with Crippen molar-refractivity contribution in [2.24, 2.45) is 0 Å². The molecule has 0 fully saturated rings. The molecule has 0 aliphatic carbocycles. The summed E-state index contributed by atoms with van der Waals surface area (Å²) in [6.45, 7) is 0.0277. The van der Waals surface area contributed by atoms with Crippen molar-refractivity contribution >= 4 is 50.5 Å². The van der Waals surface area contributed by atoms with E-state index < -0.39 is 10.0 Å². The van der Waals surface area contributed by atoms with Gasteiger partial charge in [0.05, 0.1) is 11.9 Å². The fourth-order valence-electron chi connectivity index (χ4n) is 2.05. The van der Waals surface area contributed by atoms with Gasteiger partial charge in [0.15, 0.2) is 0 Å². The minimum atomic E-state index is -3.51. The number of anilines is 2. The summed E-state index contributed by atoms with van der Waals surface area (Å²) in [5, 5.41) is 3.77. The van der Waals surface area contributed by atoms with Crippen LogP contribution in [-0.4, -0.2) is 27.1 Å². The molecule has 2 aromatic carbocycles. The van der Waals surface area contributed by atoms with Crippen LogP contribution in [0.25, 0.3) is 0 Å². The van der Waals surface area contributed by atoms with Gasteiger partial charge < -0.3 is 5.32 Å². The highest BCUT2D eigenvalue weighted by atomic mass is 35.5. The van der Waals surface area contributed by atoms with Crippen LogP contribution in [0.3, 0.4) is 0 Å². The zero-order chi connectivity index (χ0) is 17.7. The van der Waals surface area contributed by atoms with Gasteiger partial charge in [-0.2, -0.15) is 0 Å². The second kappa shape index (κ2) is 7.88. The Kier molecular flexibility index (Phi) is 6.10. The first-order chi connectivity index (χ1) is 11.3. The third-order valence-electron chi connectivity index (χ3n) is 3.18. The molecule has 0 aromatic heterocycles. The van der Waals surface area contributed by atoms with Crippen LogP contribution in [0.15, 0.2) is 48.5 Å². The minimum absolute atomic E-state index is 0.0122. The normalized spacial score (nSPS) is 11.1. The molecule has 128 valence electrons. The van der Waals surface area contributed by atoms with Gasteiger partial charge in [-0.3, -0.25) is 9.10 Å². The van der Waals surface area contributed by atoms with E-state index in [0.717, 1.165) is 6.26 Å². The van der Waals surface area contributed by atoms with Crippen LogP contribution in [0.5, 0.6) is 0 Å². The van der Waals surface area contributed by atoms with Crippen LogP contribution in [0.1, 0.15) is 6.42 Å². The monoisotopic (exact) mass is 386 g/mol. The van der Waals surface area contributed by atoms with Gasteiger partial charge in [0.25, 0.3) is 0 Å². The van der Waals surface area contributed by atoms with Crippen LogP contribution in [0, 0.1) is 0 Å². The average Bonchev–Trinajstić information content (AvgIpc) is 2.50. The van der Waals surface area contributed by atoms with Crippen molar-refractivity contribution < 1.29 is 13.2 Å². The molecule has 2 aromatic rings. The molecule has 0 aliphatic rings. The first kappa shape index (κ1) is 18.6. The molecule has 2 rings (SSSR count). The summed E-state index contributed by atoms with van der Waals surface area (Å²) in [7, 11) is -3.51. The summed E-state index contributed by atoms with van der Waals surface area (Å²) in [4.78, 5) is 12.0. The zero-order valence-electron chi connectivity index (χ0n) is 12.9. The molecule has 0 saturated carbocycles. The highest BCUT2D eigenvalue weighted by Crippen LogP contribution is 2.21. The molecule has 0 aliphatic heterocycles. The van der Waals surface area contributed by atoms with E-state index in [1.54, 1.807) is 48.5 Å². The van der Waals surface area contributed by atoms with Gasteiger partial charge in [-0.05, 0) is 48.5 Å². The van der Waals surface area contributed by atoms with E-state index in [1.807, 2.05) is 0 Å². The second-order valence-corrected chi connectivity index (χ2v) is 7.90. The maximum absolute atomic E-state index is 12.0. The van der Waals surface area contributed by atoms with Gasteiger partial charge in [-0.15, -0.1) is 0 Å². The SMILES string of the molecule is CS(=O)(=O)N(CCC(=O)Nc1ccc(Cl)cc1)c1ccc(Cl)cc1. The Morgan fingerprint density at radius 2 is 1.50 bits per heavy atom. The van der Waals surface area contributed by atoms with Crippen LogP contribution >= 0.6 is 23.2 Å². The number of carbonyl (C=O) groups excluding carboxylic acids is 1. The standard InChI is InChI=1S/C16H16Cl2N2O3S/c1-24(22,23)20(15-8-4-13(18)5-9-15)11-10-16(21)19-14-6-2-12(17)3-7-14/h2-9H,10-11H2,1H3,(H,19,21). The van der Waals surface area contributed by atoms with Gasteiger partial charge in [-0.25, -0.2) is 8.42 Å². The van der Waals surface area contributed by atoms with Crippen molar-refractivity contribution in [1.82, 2.24) is 0 Å². The third-order valence-corrected chi connectivity index (χ3v) is 4.88. The zero-order valence-corrected chi connectivity index (χ0v) is 15.2. The Morgan fingerprint density at radius 3 is 2.00 bits per heavy atom. The van der Waals surface area contributed by atoms with Gasteiger partial charge in [0, 0.05) is 28.7 Å². The van der Waals surface area contributed by atoms with Crippen molar-refractivity contribution in [3.05, 3.63) is 58.6 Å². The molecule has 0 spiro atoms. The first-order valence-electron chi connectivity index (χ1n) is 7.04. The smallest absolute Gasteiger partial charge is 0.232 e. The van der Waals surface area contributed by atoms with E-state index in [-0.39, 0.29) is 18.9 Å². The predicted octanol–water partition coefficient (Wildman–Crippen LogP) is 3.79. The number of hydrogen-bond donors (Lipinski definition) is 1. The Morgan fingerprint density at radius 1 is 1.00 bits per heavy atom. The predicted molar refractivity (Wildman–Crippen MR) is 98.3 cm³/mol. The summed E-state index contributed by atoms with van der Waals surface area (Å²) >= 11 is 11.6.